The lowest BCUT2D eigenvalue weighted by molar-refractivity contribution is -0.385. The van der Waals surface area contributed by atoms with Crippen LogP contribution in [0.25, 0.3) is 0 Å². The summed E-state index contributed by atoms with van der Waals surface area (Å²) in [7, 11) is -4.07. The summed E-state index contributed by atoms with van der Waals surface area (Å²) >= 11 is 5.67. The van der Waals surface area contributed by atoms with E-state index in [9.17, 15) is 23.3 Å². The molecule has 0 aromatic heterocycles. The Morgan fingerprint density at radius 3 is 2.46 bits per heavy atom. The Bertz CT molecular complexity index is 931. The summed E-state index contributed by atoms with van der Waals surface area (Å²) in [4.78, 5) is 24.1. The fourth-order valence-corrected chi connectivity index (χ4v) is 2.97. The number of hydrogen-bond acceptors (Lipinski definition) is 6. The normalized spacial score (nSPS) is 11.0. The lowest BCUT2D eigenvalue weighted by Crippen LogP contribution is -2.41. The van der Waals surface area contributed by atoms with E-state index in [1.807, 2.05) is 10.3 Å². The molecule has 1 amide bonds. The van der Waals surface area contributed by atoms with Gasteiger partial charge in [-0.3, -0.25) is 20.3 Å². The maximum absolute atomic E-state index is 12.2. The average Bonchev–Trinajstić information content (AvgIpc) is 2.60. The van der Waals surface area contributed by atoms with E-state index in [1.165, 1.54) is 30.3 Å². The molecule has 138 valence electrons. The third-order valence-corrected chi connectivity index (χ3v) is 4.64. The lowest BCUT2D eigenvalue weighted by atomic mass is 10.2. The van der Waals surface area contributed by atoms with Crippen molar-refractivity contribution in [1.29, 1.82) is 0 Å². The molecule has 0 saturated heterocycles. The first-order chi connectivity index (χ1) is 12.2. The quantitative estimate of drug-likeness (QED) is 0.543. The summed E-state index contributed by atoms with van der Waals surface area (Å²) in [6.45, 7) is 2.22. The Morgan fingerprint density at radius 2 is 1.88 bits per heavy atom. The van der Waals surface area contributed by atoms with Crippen molar-refractivity contribution in [2.45, 2.75) is 11.8 Å². The highest BCUT2D eigenvalue weighted by Gasteiger charge is 2.22. The van der Waals surface area contributed by atoms with Crippen molar-refractivity contribution in [3.8, 4) is 5.75 Å². The van der Waals surface area contributed by atoms with Gasteiger partial charge in [0.2, 0.25) is 0 Å². The van der Waals surface area contributed by atoms with Gasteiger partial charge in [-0.25, -0.2) is 8.42 Å². The highest BCUT2D eigenvalue weighted by molar-refractivity contribution is 7.89. The number of hydrogen-bond donors (Lipinski definition) is 2. The molecule has 2 rings (SSSR count). The molecule has 9 nitrogen and oxygen atoms in total. The van der Waals surface area contributed by atoms with Crippen LogP contribution in [-0.4, -0.2) is 25.9 Å². The maximum atomic E-state index is 12.2. The average molecular weight is 400 g/mol. The van der Waals surface area contributed by atoms with Gasteiger partial charge in [0, 0.05) is 11.1 Å². The topological polar surface area (TPSA) is 128 Å². The molecule has 0 heterocycles. The molecule has 2 aromatic rings. The number of amides is 1. The molecule has 0 saturated carbocycles. The van der Waals surface area contributed by atoms with Gasteiger partial charge < -0.3 is 4.74 Å². The Kier molecular flexibility index (Phi) is 6.14. The smallest absolute Gasteiger partial charge is 0.283 e. The Morgan fingerprint density at radius 1 is 1.23 bits per heavy atom. The van der Waals surface area contributed by atoms with Crippen LogP contribution in [0.3, 0.4) is 0 Å². The van der Waals surface area contributed by atoms with E-state index in [0.29, 0.717) is 12.4 Å². The van der Waals surface area contributed by atoms with Crippen molar-refractivity contribution < 1.29 is 22.9 Å². The van der Waals surface area contributed by atoms with E-state index in [0.717, 1.165) is 12.1 Å². The molecule has 2 aromatic carbocycles. The number of ether oxygens (including phenoxy) is 1. The number of carbonyl (C=O) groups is 1. The summed E-state index contributed by atoms with van der Waals surface area (Å²) in [6, 6.07) is 8.92. The second-order valence-corrected chi connectivity index (χ2v) is 7.00. The fourth-order valence-electron chi connectivity index (χ4n) is 1.97. The van der Waals surface area contributed by atoms with Gasteiger partial charge in [-0.15, -0.1) is 4.83 Å². The third kappa shape index (κ3) is 4.69. The Labute approximate surface area is 154 Å². The highest BCUT2D eigenvalue weighted by Crippen LogP contribution is 2.23. The second kappa shape index (κ2) is 8.13. The molecule has 0 fully saturated rings. The predicted molar refractivity (Wildman–Crippen MR) is 93.5 cm³/mol. The zero-order chi connectivity index (χ0) is 19.3. The number of hydrazine groups is 1. The second-order valence-electron chi connectivity index (χ2n) is 4.88. The largest absolute Gasteiger partial charge is 0.494 e. The first kappa shape index (κ1) is 19.6. The number of sulfonamides is 1. The number of nitro benzene ring substituents is 1. The van der Waals surface area contributed by atoms with Crippen LogP contribution in [0.4, 0.5) is 5.69 Å². The molecule has 0 bridgehead atoms. The van der Waals surface area contributed by atoms with Gasteiger partial charge in [-0.05, 0) is 43.3 Å². The molecule has 0 spiro atoms. The summed E-state index contributed by atoms with van der Waals surface area (Å²) in [5, 5.41) is 11.1. The monoisotopic (exact) mass is 399 g/mol. The van der Waals surface area contributed by atoms with E-state index in [-0.39, 0.29) is 15.5 Å². The summed E-state index contributed by atoms with van der Waals surface area (Å²) in [6.07, 6.45) is 0. The van der Waals surface area contributed by atoms with Crippen LogP contribution in [0.1, 0.15) is 17.3 Å². The van der Waals surface area contributed by atoms with Gasteiger partial charge in [0.1, 0.15) is 11.3 Å². The van der Waals surface area contributed by atoms with Crippen molar-refractivity contribution in [2.24, 2.45) is 0 Å². The minimum Gasteiger partial charge on any atom is -0.494 e. The van der Waals surface area contributed by atoms with Gasteiger partial charge in [0.05, 0.1) is 16.4 Å². The van der Waals surface area contributed by atoms with Crippen LogP contribution in [0, 0.1) is 10.1 Å². The highest BCUT2D eigenvalue weighted by atomic mass is 35.5. The number of nitrogens with zero attached hydrogens (tertiary/aromatic N) is 1. The molecule has 0 atom stereocenters. The van der Waals surface area contributed by atoms with E-state index < -0.39 is 26.5 Å². The lowest BCUT2D eigenvalue weighted by Gasteiger charge is -2.09. The molecule has 0 aliphatic heterocycles. The van der Waals surface area contributed by atoms with E-state index >= 15 is 0 Å². The number of nitro groups is 1. The Balaban J connectivity index is 2.14. The van der Waals surface area contributed by atoms with Crippen molar-refractivity contribution in [2.75, 3.05) is 6.61 Å². The van der Waals surface area contributed by atoms with Crippen molar-refractivity contribution in [3.05, 3.63) is 63.2 Å². The molecular formula is C15H14ClN3O6S. The van der Waals surface area contributed by atoms with E-state index in [2.05, 4.69) is 0 Å². The van der Waals surface area contributed by atoms with Crippen molar-refractivity contribution in [1.82, 2.24) is 10.3 Å². The number of nitrogens with one attached hydrogen (secondary N) is 2. The fraction of sp³-hybridized carbons (Fsp3) is 0.133. The minimum atomic E-state index is -4.07. The van der Waals surface area contributed by atoms with Crippen LogP contribution < -0.4 is 15.0 Å². The van der Waals surface area contributed by atoms with Crippen molar-refractivity contribution in [3.63, 3.8) is 0 Å². The van der Waals surface area contributed by atoms with E-state index in [4.69, 9.17) is 16.3 Å². The molecule has 0 unspecified atom stereocenters. The van der Waals surface area contributed by atoms with Gasteiger partial charge >= 0.3 is 0 Å². The zero-order valence-electron chi connectivity index (χ0n) is 13.4. The minimum absolute atomic E-state index is 0.0724. The molecule has 0 aliphatic rings. The first-order valence-electron chi connectivity index (χ1n) is 7.23. The number of carbonyl (C=O) groups excluding carboxylic acids is 1. The summed E-state index contributed by atoms with van der Waals surface area (Å²) in [5.41, 5.74) is 1.05. The molecule has 0 radical (unpaired) electrons. The standard InChI is InChI=1S/C15H14ClN3O6S/c1-2-25-11-4-6-12(7-5-11)26(23,24)18-17-15(20)13-8-3-10(16)9-14(13)19(21)22/h3-9,18H,2H2,1H3,(H,17,20). The maximum Gasteiger partial charge on any atom is 0.283 e. The van der Waals surface area contributed by atoms with Crippen LogP contribution in [0.2, 0.25) is 5.02 Å². The van der Waals surface area contributed by atoms with Gasteiger partial charge in [-0.2, -0.15) is 0 Å². The van der Waals surface area contributed by atoms with Crippen LogP contribution in [-0.2, 0) is 10.0 Å². The number of benzene rings is 2. The van der Waals surface area contributed by atoms with E-state index in [1.54, 1.807) is 6.92 Å². The zero-order valence-corrected chi connectivity index (χ0v) is 15.0. The van der Waals surface area contributed by atoms with Gasteiger partial charge in [0.15, 0.2) is 0 Å². The molecule has 2 N–H and O–H groups in total. The molecular weight excluding hydrogens is 386 g/mol. The molecule has 11 heteroatoms. The van der Waals surface area contributed by atoms with Crippen LogP contribution in [0.15, 0.2) is 47.4 Å². The van der Waals surface area contributed by atoms with Gasteiger partial charge in [0.25, 0.3) is 21.6 Å². The van der Waals surface area contributed by atoms with Gasteiger partial charge in [-0.1, -0.05) is 11.6 Å². The first-order valence-corrected chi connectivity index (χ1v) is 9.09. The SMILES string of the molecule is CCOc1ccc(S(=O)(=O)NNC(=O)c2ccc(Cl)cc2[N+](=O)[O-])cc1. The third-order valence-electron chi connectivity index (χ3n) is 3.15. The van der Waals surface area contributed by atoms with Crippen LogP contribution >= 0.6 is 11.6 Å². The van der Waals surface area contributed by atoms with Crippen molar-refractivity contribution >= 4 is 33.2 Å². The molecule has 0 aliphatic carbocycles. The predicted octanol–water partition coefficient (Wildman–Crippen LogP) is 2.27. The summed E-state index contributed by atoms with van der Waals surface area (Å²) < 4.78 is 29.6. The number of rotatable bonds is 7. The molecule has 26 heavy (non-hydrogen) atoms. The van der Waals surface area contributed by atoms with Crippen LogP contribution in [0.5, 0.6) is 5.75 Å². The Hall–Kier alpha value is -2.69. The summed E-state index contributed by atoms with van der Waals surface area (Å²) in [5.74, 6) is -0.504. The number of halogens is 1.